The lowest BCUT2D eigenvalue weighted by molar-refractivity contribution is 0.0105. The molecule has 7 rings (SSSR count). The molecule has 0 radical (unpaired) electrons. The van der Waals surface area contributed by atoms with Crippen molar-refractivity contribution in [3.8, 4) is 5.75 Å². The van der Waals surface area contributed by atoms with Crippen LogP contribution in [-0.4, -0.2) is 36.1 Å². The van der Waals surface area contributed by atoms with E-state index >= 15 is 0 Å². The van der Waals surface area contributed by atoms with Crippen molar-refractivity contribution in [3.63, 3.8) is 0 Å². The number of piperidine rings is 3. The van der Waals surface area contributed by atoms with Gasteiger partial charge in [0.15, 0.2) is 0 Å². The molecule has 0 spiro atoms. The smallest absolute Gasteiger partial charge is 0.253 e. The van der Waals surface area contributed by atoms with E-state index in [0.717, 1.165) is 48.1 Å². The van der Waals surface area contributed by atoms with Gasteiger partial charge in [-0.15, -0.1) is 6.58 Å². The molecule has 1 aromatic heterocycles. The van der Waals surface area contributed by atoms with Crippen LogP contribution in [-0.2, 0) is 0 Å². The normalized spacial score (nSPS) is 23.3. The van der Waals surface area contributed by atoms with Crippen molar-refractivity contribution in [2.45, 2.75) is 24.9 Å². The van der Waals surface area contributed by atoms with Crippen molar-refractivity contribution in [1.82, 2.24) is 9.88 Å². The number of ether oxygens (including phenoxy) is 1. The van der Waals surface area contributed by atoms with Crippen LogP contribution < -0.4 is 26.2 Å². The number of rotatable bonds is 8. The predicted octanol–water partition coefficient (Wildman–Crippen LogP) is 4.77. The van der Waals surface area contributed by atoms with E-state index in [4.69, 9.17) is 4.74 Å². The number of anilines is 3. The van der Waals surface area contributed by atoms with E-state index < -0.39 is 10.9 Å². The molecule has 2 N–H and O–H groups in total. The molecule has 194 valence electrons. The highest BCUT2D eigenvalue weighted by atomic mass is 19.1. The summed E-state index contributed by atoms with van der Waals surface area (Å²) in [6, 6.07) is 13.3. The summed E-state index contributed by atoms with van der Waals surface area (Å²) in [5.74, 6) is 1.30. The van der Waals surface area contributed by atoms with Gasteiger partial charge in [0.1, 0.15) is 22.9 Å². The lowest BCUT2D eigenvalue weighted by Crippen LogP contribution is -2.56. The van der Waals surface area contributed by atoms with Gasteiger partial charge in [0.25, 0.3) is 10.9 Å². The Balaban J connectivity index is 1.42. The first-order chi connectivity index (χ1) is 18.5. The number of hydrogen-bond acceptors (Lipinski definition) is 7. The van der Waals surface area contributed by atoms with Crippen LogP contribution in [0, 0.1) is 17.7 Å². The second kappa shape index (κ2) is 9.68. The molecule has 3 aromatic carbocycles. The number of benzene rings is 2. The maximum Gasteiger partial charge on any atom is 0.253 e. The van der Waals surface area contributed by atoms with E-state index in [0.29, 0.717) is 17.5 Å². The Kier molecular flexibility index (Phi) is 6.19. The van der Waals surface area contributed by atoms with E-state index in [1.807, 2.05) is 24.3 Å². The summed E-state index contributed by atoms with van der Waals surface area (Å²) < 4.78 is 18.9. The highest BCUT2D eigenvalue weighted by Gasteiger charge is 2.43. The Morgan fingerprint density at radius 3 is 2.63 bits per heavy atom. The van der Waals surface area contributed by atoms with Crippen LogP contribution in [0.5, 0.6) is 5.75 Å². The third-order valence-electron chi connectivity index (χ3n) is 8.18. The van der Waals surface area contributed by atoms with Crippen molar-refractivity contribution in [2.24, 2.45) is 11.8 Å². The summed E-state index contributed by atoms with van der Waals surface area (Å²) in [6.07, 6.45) is 5.89. The molecule has 8 heteroatoms. The second-order valence-electron chi connectivity index (χ2n) is 10.2. The van der Waals surface area contributed by atoms with E-state index in [-0.39, 0.29) is 29.3 Å². The summed E-state index contributed by atoms with van der Waals surface area (Å²) >= 11 is 0. The summed E-state index contributed by atoms with van der Waals surface area (Å²) in [4.78, 5) is 32.5. The minimum atomic E-state index is -0.589. The fourth-order valence-corrected chi connectivity index (χ4v) is 6.13. The monoisotopic (exact) mass is 512 g/mol. The Hall–Kier alpha value is -4.04. The highest BCUT2D eigenvalue weighted by Crippen LogP contribution is 2.43. The second-order valence-corrected chi connectivity index (χ2v) is 10.2. The Labute approximate surface area is 219 Å². The lowest BCUT2D eigenvalue weighted by atomic mass is 9.73. The molecule has 3 aliphatic rings. The molecule has 4 aromatic rings. The van der Waals surface area contributed by atoms with Crippen molar-refractivity contribution >= 4 is 28.0 Å². The number of nitrogens with one attached hydrogen (secondary N) is 2. The molecule has 0 amide bonds. The first-order valence-electron chi connectivity index (χ1n) is 12.9. The summed E-state index contributed by atoms with van der Waals surface area (Å²) in [7, 11) is 1.63. The van der Waals surface area contributed by atoms with E-state index in [1.165, 1.54) is 24.3 Å². The molecule has 5 atom stereocenters. The predicted molar refractivity (Wildman–Crippen MR) is 147 cm³/mol. The number of halogens is 1. The third-order valence-corrected chi connectivity index (χ3v) is 8.18. The van der Waals surface area contributed by atoms with Gasteiger partial charge in [-0.2, -0.15) is 0 Å². The Bertz CT molecular complexity index is 1580. The topological polar surface area (TPSA) is 83.6 Å². The van der Waals surface area contributed by atoms with Crippen LogP contribution in [0.15, 0.2) is 77.0 Å². The van der Waals surface area contributed by atoms with Gasteiger partial charge in [-0.05, 0) is 85.3 Å². The van der Waals surface area contributed by atoms with Gasteiger partial charge in [0.2, 0.25) is 0 Å². The third kappa shape index (κ3) is 4.15. The molecule has 38 heavy (non-hydrogen) atoms. The molecule has 3 aliphatic heterocycles. The van der Waals surface area contributed by atoms with Gasteiger partial charge >= 0.3 is 0 Å². The number of hydrogen-bond donors (Lipinski definition) is 2. The van der Waals surface area contributed by atoms with Crippen LogP contribution in [0.4, 0.5) is 21.5 Å². The molecule has 4 heterocycles. The first kappa shape index (κ1) is 24.3. The molecule has 2 bridgehead atoms. The van der Waals surface area contributed by atoms with Crippen molar-refractivity contribution in [1.29, 1.82) is 0 Å². The van der Waals surface area contributed by atoms with Crippen LogP contribution in [0.2, 0.25) is 0 Å². The van der Waals surface area contributed by atoms with Gasteiger partial charge in [-0.25, -0.2) is 4.39 Å². The van der Waals surface area contributed by atoms with Crippen molar-refractivity contribution in [3.05, 3.63) is 99.2 Å². The first-order valence-corrected chi connectivity index (χ1v) is 12.9. The van der Waals surface area contributed by atoms with Crippen molar-refractivity contribution < 1.29 is 9.13 Å². The molecule has 3 saturated heterocycles. The zero-order valence-electron chi connectivity index (χ0n) is 21.1. The zero-order chi connectivity index (χ0) is 26.4. The minimum Gasteiger partial charge on any atom is -0.497 e. The Morgan fingerprint density at radius 1 is 1.13 bits per heavy atom. The van der Waals surface area contributed by atoms with Gasteiger partial charge in [-0.3, -0.25) is 19.5 Å². The molecular weight excluding hydrogens is 483 g/mol. The standard InChI is InChI=1S/C30H29FN4O3/c1-3-17-16-35-13-11-18(17)14-25(35)26(22-10-12-32-24-9-8-21(38-2)15-23(22)24)34-28-27(29(36)30(28)37)33-20-6-4-19(31)5-7-20/h3-10,12,15,17-18,25-26,33-34H,1,11,13-14,16H2,2H3/t17?,18?,25?,26-/m0/s1. The van der Waals surface area contributed by atoms with Gasteiger partial charge in [0.05, 0.1) is 18.7 Å². The summed E-state index contributed by atoms with van der Waals surface area (Å²) in [5, 5.41) is 7.44. The van der Waals surface area contributed by atoms with E-state index in [9.17, 15) is 14.0 Å². The summed E-state index contributed by atoms with van der Waals surface area (Å²) in [5.41, 5.74) is 1.64. The number of nitrogens with zero attached hydrogens (tertiary/aromatic N) is 2. The molecular formula is C30H29FN4O3. The number of methoxy groups -OCH3 is 1. The summed E-state index contributed by atoms with van der Waals surface area (Å²) in [6.45, 7) is 5.93. The minimum absolute atomic E-state index is 0.102. The fourth-order valence-electron chi connectivity index (χ4n) is 6.13. The number of aromatic nitrogens is 1. The molecule has 0 aliphatic carbocycles. The van der Waals surface area contributed by atoms with Crippen LogP contribution in [0.25, 0.3) is 10.9 Å². The fraction of sp³-hybridized carbons (Fsp3) is 0.300. The number of pyridine rings is 1. The van der Waals surface area contributed by atoms with Crippen molar-refractivity contribution in [2.75, 3.05) is 30.8 Å². The average Bonchev–Trinajstić information content (AvgIpc) is 2.97. The molecule has 4 unspecified atom stereocenters. The Morgan fingerprint density at radius 2 is 1.92 bits per heavy atom. The van der Waals surface area contributed by atoms with E-state index in [2.05, 4.69) is 33.2 Å². The molecule has 0 saturated carbocycles. The average molecular weight is 513 g/mol. The van der Waals surface area contributed by atoms with Crippen LogP contribution in [0.1, 0.15) is 24.4 Å². The maximum absolute atomic E-state index is 13.4. The van der Waals surface area contributed by atoms with Gasteiger partial charge < -0.3 is 15.4 Å². The molecule has 7 nitrogen and oxygen atoms in total. The number of fused-ring (bicyclic) bond motifs is 4. The van der Waals surface area contributed by atoms with Crippen LogP contribution in [0.3, 0.4) is 0 Å². The van der Waals surface area contributed by atoms with Gasteiger partial charge in [-0.1, -0.05) is 6.08 Å². The maximum atomic E-state index is 13.4. The molecule has 3 fully saturated rings. The highest BCUT2D eigenvalue weighted by molar-refractivity contribution is 5.85. The lowest BCUT2D eigenvalue weighted by Gasteiger charge is -2.52. The quantitative estimate of drug-likeness (QED) is 0.260. The van der Waals surface area contributed by atoms with Gasteiger partial charge in [0, 0.05) is 29.9 Å². The largest absolute Gasteiger partial charge is 0.497 e. The van der Waals surface area contributed by atoms with E-state index in [1.54, 1.807) is 13.3 Å². The SMILES string of the molecule is C=CC1CN2CCC1CC2[C@@H](Nc1c(Nc2ccc(F)cc2)c(=O)c1=O)c1ccnc2ccc(OC)cc12. The zero-order valence-corrected chi connectivity index (χ0v) is 21.1. The van der Waals surface area contributed by atoms with Crippen LogP contribution >= 0.6 is 0 Å².